The van der Waals surface area contributed by atoms with Gasteiger partial charge in [0.15, 0.2) is 5.17 Å². The summed E-state index contributed by atoms with van der Waals surface area (Å²) in [5.41, 5.74) is 0. The summed E-state index contributed by atoms with van der Waals surface area (Å²) in [6.07, 6.45) is 6.91. The van der Waals surface area contributed by atoms with Gasteiger partial charge in [-0.3, -0.25) is 4.99 Å². The highest BCUT2D eigenvalue weighted by atomic mass is 32.2. The van der Waals surface area contributed by atoms with E-state index in [0.717, 1.165) is 5.92 Å². The largest absolute Gasteiger partial charge is 0.362 e. The first-order valence-electron chi connectivity index (χ1n) is 7.14. The standard InChI is InChI=1S/C14H26N2S/c1-10(2)13-9-17-14(16-13)15-12-8-6-4-5-7-11(12)3/h10-13H,4-9H2,1-3H3,(H,15,16)/t11?,12?,13-/m1/s1. The molecule has 2 rings (SSSR count). The summed E-state index contributed by atoms with van der Waals surface area (Å²) in [5.74, 6) is 2.65. The SMILES string of the molecule is CC1CCCCCC1NC1=N[C@@H](C(C)C)CS1. The summed E-state index contributed by atoms with van der Waals surface area (Å²) in [5, 5.41) is 4.92. The van der Waals surface area contributed by atoms with Gasteiger partial charge in [-0.15, -0.1) is 0 Å². The predicted molar refractivity (Wildman–Crippen MR) is 77.7 cm³/mol. The third-order valence-corrected chi connectivity index (χ3v) is 5.12. The zero-order chi connectivity index (χ0) is 12.3. The van der Waals surface area contributed by atoms with Crippen LogP contribution in [0, 0.1) is 11.8 Å². The second-order valence-electron chi connectivity index (χ2n) is 5.92. The van der Waals surface area contributed by atoms with Crippen molar-refractivity contribution in [1.82, 2.24) is 5.32 Å². The smallest absolute Gasteiger partial charge is 0.157 e. The van der Waals surface area contributed by atoms with Gasteiger partial charge in [0.2, 0.25) is 0 Å². The van der Waals surface area contributed by atoms with Crippen molar-refractivity contribution in [3.63, 3.8) is 0 Å². The van der Waals surface area contributed by atoms with E-state index in [1.807, 2.05) is 11.8 Å². The monoisotopic (exact) mass is 254 g/mol. The van der Waals surface area contributed by atoms with Gasteiger partial charge in [0.05, 0.1) is 6.04 Å². The molecule has 0 saturated heterocycles. The van der Waals surface area contributed by atoms with Crippen molar-refractivity contribution in [2.45, 2.75) is 65.0 Å². The van der Waals surface area contributed by atoms with Crippen LogP contribution < -0.4 is 5.32 Å². The molecule has 98 valence electrons. The van der Waals surface area contributed by atoms with E-state index < -0.39 is 0 Å². The average molecular weight is 254 g/mol. The van der Waals surface area contributed by atoms with Crippen LogP contribution in [0.2, 0.25) is 0 Å². The van der Waals surface area contributed by atoms with E-state index in [-0.39, 0.29) is 0 Å². The van der Waals surface area contributed by atoms with E-state index in [1.54, 1.807) is 0 Å². The maximum atomic E-state index is 4.82. The molecule has 2 unspecified atom stereocenters. The molecule has 0 aromatic rings. The molecule has 1 aliphatic carbocycles. The van der Waals surface area contributed by atoms with E-state index in [2.05, 4.69) is 26.1 Å². The Morgan fingerprint density at radius 2 is 2.00 bits per heavy atom. The first-order chi connectivity index (χ1) is 8.16. The molecule has 0 amide bonds. The van der Waals surface area contributed by atoms with Crippen LogP contribution in [0.5, 0.6) is 0 Å². The Kier molecular flexibility index (Phi) is 4.78. The van der Waals surface area contributed by atoms with Gasteiger partial charge < -0.3 is 5.32 Å². The van der Waals surface area contributed by atoms with E-state index in [0.29, 0.717) is 18.0 Å². The molecule has 2 aliphatic rings. The van der Waals surface area contributed by atoms with Gasteiger partial charge in [-0.2, -0.15) is 0 Å². The molecule has 1 saturated carbocycles. The molecule has 0 radical (unpaired) electrons. The van der Waals surface area contributed by atoms with Gasteiger partial charge in [0.25, 0.3) is 0 Å². The normalized spacial score (nSPS) is 34.6. The summed E-state index contributed by atoms with van der Waals surface area (Å²) in [4.78, 5) is 4.82. The number of nitrogens with zero attached hydrogens (tertiary/aromatic N) is 1. The zero-order valence-electron chi connectivity index (χ0n) is 11.4. The molecule has 1 heterocycles. The molecule has 0 spiro atoms. The highest BCUT2D eigenvalue weighted by Crippen LogP contribution is 2.26. The van der Waals surface area contributed by atoms with Crippen molar-refractivity contribution in [1.29, 1.82) is 0 Å². The van der Waals surface area contributed by atoms with E-state index in [1.165, 1.54) is 43.0 Å². The second kappa shape index (κ2) is 6.12. The maximum absolute atomic E-state index is 4.82. The van der Waals surface area contributed by atoms with E-state index in [9.17, 15) is 0 Å². The molecule has 0 aromatic heterocycles. The van der Waals surface area contributed by atoms with Crippen LogP contribution in [0.25, 0.3) is 0 Å². The average Bonchev–Trinajstić information content (AvgIpc) is 2.66. The molecule has 17 heavy (non-hydrogen) atoms. The summed E-state index contributed by atoms with van der Waals surface area (Å²) in [6.45, 7) is 6.93. The van der Waals surface area contributed by atoms with Crippen LogP contribution in [0.4, 0.5) is 0 Å². The minimum atomic E-state index is 0.531. The molecule has 3 atom stereocenters. The van der Waals surface area contributed by atoms with E-state index in [4.69, 9.17) is 4.99 Å². The van der Waals surface area contributed by atoms with Crippen molar-refractivity contribution in [2.24, 2.45) is 16.8 Å². The van der Waals surface area contributed by atoms with Gasteiger partial charge in [-0.25, -0.2) is 0 Å². The Morgan fingerprint density at radius 1 is 1.24 bits per heavy atom. The third-order valence-electron chi connectivity index (χ3n) is 4.11. The fraction of sp³-hybridized carbons (Fsp3) is 0.929. The first kappa shape index (κ1) is 13.3. The predicted octanol–water partition coefficient (Wildman–Crippen LogP) is 3.67. The number of hydrogen-bond donors (Lipinski definition) is 1. The Balaban J connectivity index is 1.89. The van der Waals surface area contributed by atoms with Crippen molar-refractivity contribution < 1.29 is 0 Å². The molecule has 1 N–H and O–H groups in total. The lowest BCUT2D eigenvalue weighted by Crippen LogP contribution is -2.37. The molecule has 1 fully saturated rings. The number of aliphatic imine (C=N–C) groups is 1. The summed E-state index contributed by atoms with van der Waals surface area (Å²) in [6, 6.07) is 1.19. The number of thioether (sulfide) groups is 1. The summed E-state index contributed by atoms with van der Waals surface area (Å²) in [7, 11) is 0. The van der Waals surface area contributed by atoms with Gasteiger partial charge in [-0.1, -0.05) is 51.8 Å². The van der Waals surface area contributed by atoms with Crippen LogP contribution in [0.15, 0.2) is 4.99 Å². The van der Waals surface area contributed by atoms with Gasteiger partial charge in [0, 0.05) is 11.8 Å². The van der Waals surface area contributed by atoms with Crippen molar-refractivity contribution >= 4 is 16.9 Å². The van der Waals surface area contributed by atoms with Crippen molar-refractivity contribution in [3.05, 3.63) is 0 Å². The highest BCUT2D eigenvalue weighted by molar-refractivity contribution is 8.14. The molecule has 3 heteroatoms. The molecule has 0 bridgehead atoms. The van der Waals surface area contributed by atoms with Crippen molar-refractivity contribution in [3.8, 4) is 0 Å². The fourth-order valence-electron chi connectivity index (χ4n) is 2.68. The molecule has 0 aromatic carbocycles. The van der Waals surface area contributed by atoms with Crippen molar-refractivity contribution in [2.75, 3.05) is 5.75 Å². The number of nitrogens with one attached hydrogen (secondary N) is 1. The Bertz CT molecular complexity index is 275. The number of rotatable bonds is 2. The van der Waals surface area contributed by atoms with Crippen LogP contribution in [-0.2, 0) is 0 Å². The summed E-state index contributed by atoms with van der Waals surface area (Å²) >= 11 is 1.92. The highest BCUT2D eigenvalue weighted by Gasteiger charge is 2.25. The minimum Gasteiger partial charge on any atom is -0.362 e. The Labute approximate surface area is 110 Å². The summed E-state index contributed by atoms with van der Waals surface area (Å²) < 4.78 is 0. The maximum Gasteiger partial charge on any atom is 0.157 e. The van der Waals surface area contributed by atoms with Crippen LogP contribution in [0.3, 0.4) is 0 Å². The van der Waals surface area contributed by atoms with Gasteiger partial charge in [-0.05, 0) is 24.7 Å². The topological polar surface area (TPSA) is 24.4 Å². The molecule has 1 aliphatic heterocycles. The number of hydrogen-bond acceptors (Lipinski definition) is 3. The van der Waals surface area contributed by atoms with E-state index >= 15 is 0 Å². The zero-order valence-corrected chi connectivity index (χ0v) is 12.2. The molecular weight excluding hydrogens is 228 g/mol. The van der Waals surface area contributed by atoms with Gasteiger partial charge >= 0.3 is 0 Å². The number of amidine groups is 1. The molecule has 2 nitrogen and oxygen atoms in total. The lowest BCUT2D eigenvalue weighted by Gasteiger charge is -2.23. The van der Waals surface area contributed by atoms with Crippen LogP contribution >= 0.6 is 11.8 Å². The van der Waals surface area contributed by atoms with Crippen LogP contribution in [-0.4, -0.2) is 23.0 Å². The second-order valence-corrected chi connectivity index (χ2v) is 6.93. The lowest BCUT2D eigenvalue weighted by atomic mass is 9.97. The lowest BCUT2D eigenvalue weighted by molar-refractivity contribution is 0.401. The molecular formula is C14H26N2S. The quantitative estimate of drug-likeness (QED) is 0.760. The minimum absolute atomic E-state index is 0.531. The first-order valence-corrected chi connectivity index (χ1v) is 8.12. The fourth-order valence-corrected chi connectivity index (χ4v) is 3.91. The van der Waals surface area contributed by atoms with Crippen LogP contribution in [0.1, 0.15) is 52.9 Å². The Morgan fingerprint density at radius 3 is 2.71 bits per heavy atom. The van der Waals surface area contributed by atoms with Gasteiger partial charge in [0.1, 0.15) is 0 Å². The Hall–Kier alpha value is -0.180. The third kappa shape index (κ3) is 3.64.